The second-order valence-electron chi connectivity index (χ2n) is 6.12. The highest BCUT2D eigenvalue weighted by Crippen LogP contribution is 2.34. The van der Waals surface area contributed by atoms with Crippen molar-refractivity contribution in [1.82, 2.24) is 19.7 Å². The predicted molar refractivity (Wildman–Crippen MR) is 94.9 cm³/mol. The van der Waals surface area contributed by atoms with Crippen LogP contribution in [0, 0.1) is 0 Å². The standard InChI is InChI=1S/C18H18N6O/c1-23-11-14(9-22-23)15-4-5-20-10-16(15)13-7-12-3-2-6-24(18(19)25)17(12)21-8-13/h4-5,7-11H,2-3,6H2,1H3,(H2,19,25). The van der Waals surface area contributed by atoms with Crippen molar-refractivity contribution in [2.75, 3.05) is 11.4 Å². The Kier molecular flexibility index (Phi) is 3.68. The third-order valence-electron chi connectivity index (χ3n) is 4.44. The normalized spacial score (nSPS) is 13.6. The first-order valence-electron chi connectivity index (χ1n) is 8.13. The number of rotatable bonds is 2. The quantitative estimate of drug-likeness (QED) is 0.779. The number of carbonyl (C=O) groups is 1. The largest absolute Gasteiger partial charge is 0.351 e. The highest BCUT2D eigenvalue weighted by molar-refractivity contribution is 5.91. The van der Waals surface area contributed by atoms with E-state index in [-0.39, 0.29) is 0 Å². The van der Waals surface area contributed by atoms with Crippen molar-refractivity contribution in [2.24, 2.45) is 12.8 Å². The number of hydrogen-bond donors (Lipinski definition) is 1. The van der Waals surface area contributed by atoms with Crippen molar-refractivity contribution in [3.05, 3.63) is 48.7 Å². The summed E-state index contributed by atoms with van der Waals surface area (Å²) in [4.78, 5) is 21.9. The molecule has 0 fully saturated rings. The second-order valence-corrected chi connectivity index (χ2v) is 6.12. The number of nitrogens with zero attached hydrogens (tertiary/aromatic N) is 5. The highest BCUT2D eigenvalue weighted by atomic mass is 16.2. The first kappa shape index (κ1) is 15.3. The van der Waals surface area contributed by atoms with E-state index in [1.165, 1.54) is 4.90 Å². The van der Waals surface area contributed by atoms with Crippen molar-refractivity contribution in [2.45, 2.75) is 12.8 Å². The summed E-state index contributed by atoms with van der Waals surface area (Å²) in [5.41, 5.74) is 10.5. The molecule has 0 radical (unpaired) electrons. The monoisotopic (exact) mass is 334 g/mol. The van der Waals surface area contributed by atoms with Gasteiger partial charge in [0, 0.05) is 55.1 Å². The van der Waals surface area contributed by atoms with E-state index in [9.17, 15) is 4.79 Å². The Morgan fingerprint density at radius 3 is 2.84 bits per heavy atom. The first-order chi connectivity index (χ1) is 12.1. The van der Waals surface area contributed by atoms with E-state index in [0.29, 0.717) is 12.4 Å². The molecule has 0 spiro atoms. The minimum absolute atomic E-state index is 0.460. The minimum Gasteiger partial charge on any atom is -0.351 e. The molecule has 3 aromatic heterocycles. The van der Waals surface area contributed by atoms with Crippen LogP contribution in [-0.2, 0) is 13.5 Å². The Bertz CT molecular complexity index is 948. The lowest BCUT2D eigenvalue weighted by Crippen LogP contribution is -2.40. The Morgan fingerprint density at radius 1 is 1.20 bits per heavy atom. The van der Waals surface area contributed by atoms with Gasteiger partial charge in [0.15, 0.2) is 0 Å². The smallest absolute Gasteiger partial charge is 0.320 e. The van der Waals surface area contributed by atoms with Gasteiger partial charge in [-0.15, -0.1) is 0 Å². The van der Waals surface area contributed by atoms with Gasteiger partial charge in [-0.3, -0.25) is 14.6 Å². The van der Waals surface area contributed by atoms with Crippen LogP contribution < -0.4 is 10.6 Å². The molecule has 126 valence electrons. The zero-order chi connectivity index (χ0) is 17.4. The van der Waals surface area contributed by atoms with Gasteiger partial charge in [0.25, 0.3) is 0 Å². The third-order valence-corrected chi connectivity index (χ3v) is 4.44. The van der Waals surface area contributed by atoms with E-state index in [0.717, 1.165) is 40.7 Å². The number of aromatic nitrogens is 4. The topological polar surface area (TPSA) is 89.9 Å². The Morgan fingerprint density at radius 2 is 2.08 bits per heavy atom. The third kappa shape index (κ3) is 2.73. The van der Waals surface area contributed by atoms with E-state index < -0.39 is 6.03 Å². The molecule has 1 aliphatic rings. The number of amides is 2. The highest BCUT2D eigenvalue weighted by Gasteiger charge is 2.23. The number of hydrogen-bond acceptors (Lipinski definition) is 4. The number of carbonyl (C=O) groups excluding carboxylic acids is 1. The summed E-state index contributed by atoms with van der Waals surface area (Å²) in [7, 11) is 1.89. The molecule has 2 amide bonds. The van der Waals surface area contributed by atoms with Gasteiger partial charge in [0.2, 0.25) is 0 Å². The zero-order valence-electron chi connectivity index (χ0n) is 13.9. The maximum atomic E-state index is 11.6. The fraction of sp³-hybridized carbons (Fsp3) is 0.222. The number of nitrogens with two attached hydrogens (primary N) is 1. The van der Waals surface area contributed by atoms with Gasteiger partial charge >= 0.3 is 6.03 Å². The van der Waals surface area contributed by atoms with E-state index >= 15 is 0 Å². The van der Waals surface area contributed by atoms with Crippen LogP contribution in [0.4, 0.5) is 10.6 Å². The van der Waals surface area contributed by atoms with Gasteiger partial charge < -0.3 is 5.73 Å². The molecule has 0 unspecified atom stereocenters. The van der Waals surface area contributed by atoms with E-state index in [1.54, 1.807) is 17.1 Å². The number of pyridine rings is 2. The number of anilines is 1. The predicted octanol–water partition coefficient (Wildman–Crippen LogP) is 2.38. The van der Waals surface area contributed by atoms with E-state index in [1.807, 2.05) is 31.7 Å². The second kappa shape index (κ2) is 6.01. The van der Waals surface area contributed by atoms with Crippen LogP contribution in [0.2, 0.25) is 0 Å². The summed E-state index contributed by atoms with van der Waals surface area (Å²) < 4.78 is 1.77. The maximum absolute atomic E-state index is 11.6. The van der Waals surface area contributed by atoms with Crippen molar-refractivity contribution < 1.29 is 4.79 Å². The molecule has 1 aliphatic heterocycles. The van der Waals surface area contributed by atoms with Crippen LogP contribution in [0.1, 0.15) is 12.0 Å². The van der Waals surface area contributed by atoms with Gasteiger partial charge in [-0.1, -0.05) is 0 Å². The van der Waals surface area contributed by atoms with Crippen LogP contribution in [0.25, 0.3) is 22.3 Å². The van der Waals surface area contributed by atoms with E-state index in [2.05, 4.69) is 21.1 Å². The summed E-state index contributed by atoms with van der Waals surface area (Å²) in [6.45, 7) is 0.614. The molecule has 7 heteroatoms. The van der Waals surface area contributed by atoms with Crippen LogP contribution >= 0.6 is 0 Å². The molecule has 0 saturated carbocycles. The lowest BCUT2D eigenvalue weighted by Gasteiger charge is -2.27. The summed E-state index contributed by atoms with van der Waals surface area (Å²) in [5, 5.41) is 4.25. The number of urea groups is 1. The van der Waals surface area contributed by atoms with Crippen LogP contribution in [0.3, 0.4) is 0 Å². The molecule has 0 saturated heterocycles. The van der Waals surface area contributed by atoms with Gasteiger partial charge in [0.05, 0.1) is 6.20 Å². The van der Waals surface area contributed by atoms with Gasteiger partial charge in [-0.2, -0.15) is 5.10 Å². The average molecular weight is 334 g/mol. The van der Waals surface area contributed by atoms with Crippen LogP contribution in [0.5, 0.6) is 0 Å². The molecule has 0 aromatic carbocycles. The Balaban J connectivity index is 1.80. The molecule has 4 heterocycles. The molecule has 2 N–H and O–H groups in total. The fourth-order valence-electron chi connectivity index (χ4n) is 3.26. The summed E-state index contributed by atoms with van der Waals surface area (Å²) in [5.74, 6) is 0.661. The van der Waals surface area contributed by atoms with Gasteiger partial charge in [0.1, 0.15) is 5.82 Å². The van der Waals surface area contributed by atoms with Crippen molar-refractivity contribution >= 4 is 11.8 Å². The molecule has 0 atom stereocenters. The van der Waals surface area contributed by atoms with Crippen LogP contribution in [0.15, 0.2) is 43.1 Å². The minimum atomic E-state index is -0.460. The molecule has 7 nitrogen and oxygen atoms in total. The lowest BCUT2D eigenvalue weighted by atomic mass is 9.96. The molecule has 4 rings (SSSR count). The van der Waals surface area contributed by atoms with Crippen molar-refractivity contribution in [1.29, 1.82) is 0 Å². The summed E-state index contributed by atoms with van der Waals surface area (Å²) in [6, 6.07) is 3.59. The fourth-order valence-corrected chi connectivity index (χ4v) is 3.26. The molecule has 0 bridgehead atoms. The van der Waals surface area contributed by atoms with Gasteiger partial charge in [-0.05, 0) is 36.1 Å². The molecule has 0 aliphatic carbocycles. The number of aryl methyl sites for hydroxylation is 2. The molecular weight excluding hydrogens is 316 g/mol. The summed E-state index contributed by atoms with van der Waals surface area (Å²) in [6.07, 6.45) is 10.9. The maximum Gasteiger partial charge on any atom is 0.320 e. The number of primary amides is 1. The van der Waals surface area contributed by atoms with Crippen molar-refractivity contribution in [3.63, 3.8) is 0 Å². The van der Waals surface area contributed by atoms with E-state index in [4.69, 9.17) is 5.73 Å². The van der Waals surface area contributed by atoms with Crippen LogP contribution in [-0.4, -0.2) is 32.3 Å². The molecular formula is C18H18N6O. The summed E-state index contributed by atoms with van der Waals surface area (Å²) >= 11 is 0. The van der Waals surface area contributed by atoms with Crippen molar-refractivity contribution in [3.8, 4) is 22.3 Å². The Labute approximate surface area is 145 Å². The average Bonchev–Trinajstić information content (AvgIpc) is 3.07. The zero-order valence-corrected chi connectivity index (χ0v) is 13.9. The number of fused-ring (bicyclic) bond motifs is 1. The SMILES string of the molecule is Cn1cc(-c2ccncc2-c2cnc3c(c2)CCCN3C(N)=O)cn1. The molecule has 25 heavy (non-hydrogen) atoms. The first-order valence-corrected chi connectivity index (χ1v) is 8.13. The molecule has 3 aromatic rings. The lowest BCUT2D eigenvalue weighted by molar-refractivity contribution is 0.253. The van der Waals surface area contributed by atoms with Gasteiger partial charge in [-0.25, -0.2) is 9.78 Å². The Hall–Kier alpha value is -3.22.